The van der Waals surface area contributed by atoms with Gasteiger partial charge in [-0.15, -0.1) is 12.3 Å². The van der Waals surface area contributed by atoms with E-state index in [0.29, 0.717) is 19.4 Å². The van der Waals surface area contributed by atoms with Gasteiger partial charge in [-0.1, -0.05) is 25.1 Å². The summed E-state index contributed by atoms with van der Waals surface area (Å²) in [5.41, 5.74) is 1.27. The summed E-state index contributed by atoms with van der Waals surface area (Å²) in [6, 6.07) is 10.6. The molecular weight excluding hydrogens is 436 g/mol. The maximum absolute atomic E-state index is 15.4. The average Bonchev–Trinajstić information content (AvgIpc) is 2.82. The van der Waals surface area contributed by atoms with Gasteiger partial charge in [0.15, 0.2) is 5.82 Å². The average molecular weight is 472 g/mol. The van der Waals surface area contributed by atoms with Crippen LogP contribution < -0.4 is 15.2 Å². The predicted octanol–water partition coefficient (Wildman–Crippen LogP) is 4.46. The van der Waals surface area contributed by atoms with Crippen LogP contribution in [-0.2, 0) is 4.79 Å². The van der Waals surface area contributed by atoms with Crippen LogP contribution in [0.2, 0.25) is 0 Å². The molecule has 0 fully saturated rings. The second-order valence-electron chi connectivity index (χ2n) is 7.58. The molecule has 8 heteroatoms. The van der Waals surface area contributed by atoms with Gasteiger partial charge in [0.1, 0.15) is 17.8 Å². The standard InChI is InChI=1S/C23H31F2N5O.C3H4/c1-6-28(3)13-14-29(4)23-19(24)16-18(22(26-2)21(23)25)20(12-15-31)27-30(5)17-10-8-7-9-11-17;1-3-2/h7-11,15-16,26H,6,12-14H2,1-5H3;1H,2H3/b27-20+;. The number of hydrazone groups is 1. The van der Waals surface area contributed by atoms with Crippen LogP contribution in [0.3, 0.4) is 0 Å². The van der Waals surface area contributed by atoms with Crippen LogP contribution in [0.1, 0.15) is 25.8 Å². The molecule has 2 rings (SSSR count). The summed E-state index contributed by atoms with van der Waals surface area (Å²) < 4.78 is 30.5. The van der Waals surface area contributed by atoms with Crippen molar-refractivity contribution in [1.29, 1.82) is 0 Å². The number of nitrogens with zero attached hydrogens (tertiary/aromatic N) is 4. The smallest absolute Gasteiger partial charge is 0.173 e. The lowest BCUT2D eigenvalue weighted by atomic mass is 10.0. The molecule has 0 aliphatic rings. The molecule has 34 heavy (non-hydrogen) atoms. The van der Waals surface area contributed by atoms with Crippen molar-refractivity contribution in [3.05, 3.63) is 53.6 Å². The molecule has 2 aromatic rings. The summed E-state index contributed by atoms with van der Waals surface area (Å²) in [6.07, 6.45) is 5.19. The third-order valence-electron chi connectivity index (χ3n) is 5.17. The molecule has 0 saturated heterocycles. The van der Waals surface area contributed by atoms with Crippen LogP contribution >= 0.6 is 0 Å². The second-order valence-corrected chi connectivity index (χ2v) is 7.58. The zero-order valence-electron chi connectivity index (χ0n) is 20.9. The van der Waals surface area contributed by atoms with Gasteiger partial charge in [-0.05, 0) is 38.7 Å². The first-order valence-electron chi connectivity index (χ1n) is 11.0. The number of aldehydes is 1. The number of carbonyl (C=O) groups excluding carboxylic acids is 1. The summed E-state index contributed by atoms with van der Waals surface area (Å²) in [6.45, 7) is 5.66. The number of hydrogen-bond donors (Lipinski definition) is 1. The van der Waals surface area contributed by atoms with Gasteiger partial charge >= 0.3 is 0 Å². The predicted molar refractivity (Wildman–Crippen MR) is 139 cm³/mol. The van der Waals surface area contributed by atoms with Crippen molar-refractivity contribution in [1.82, 2.24) is 4.90 Å². The van der Waals surface area contributed by atoms with E-state index in [1.807, 2.05) is 44.3 Å². The van der Waals surface area contributed by atoms with E-state index in [4.69, 9.17) is 0 Å². The molecule has 0 spiro atoms. The minimum absolute atomic E-state index is 0.0821. The van der Waals surface area contributed by atoms with Gasteiger partial charge in [0.25, 0.3) is 0 Å². The second kappa shape index (κ2) is 14.7. The number of rotatable bonds is 11. The van der Waals surface area contributed by atoms with Crippen LogP contribution in [0.5, 0.6) is 0 Å². The van der Waals surface area contributed by atoms with Gasteiger partial charge in [0.2, 0.25) is 0 Å². The van der Waals surface area contributed by atoms with E-state index in [0.717, 1.165) is 12.2 Å². The highest BCUT2D eigenvalue weighted by molar-refractivity contribution is 6.10. The minimum Gasteiger partial charge on any atom is -0.385 e. The third kappa shape index (κ3) is 7.85. The zero-order chi connectivity index (χ0) is 25.7. The number of nitrogens with one attached hydrogen (secondary N) is 1. The fraction of sp³-hybridized carbons (Fsp3) is 0.385. The molecule has 0 unspecified atom stereocenters. The van der Waals surface area contributed by atoms with Crippen LogP contribution in [-0.4, -0.2) is 64.7 Å². The van der Waals surface area contributed by atoms with E-state index in [9.17, 15) is 4.79 Å². The number of hydrogen-bond acceptors (Lipinski definition) is 6. The topological polar surface area (TPSA) is 51.2 Å². The lowest BCUT2D eigenvalue weighted by Gasteiger charge is -2.25. The number of halogens is 2. The Morgan fingerprint density at radius 3 is 2.32 bits per heavy atom. The number of para-hydroxylation sites is 1. The molecule has 0 heterocycles. The molecule has 184 valence electrons. The molecule has 0 aromatic heterocycles. The van der Waals surface area contributed by atoms with E-state index in [1.54, 1.807) is 38.0 Å². The van der Waals surface area contributed by atoms with Crippen molar-refractivity contribution in [2.75, 3.05) is 63.1 Å². The van der Waals surface area contributed by atoms with Crippen molar-refractivity contribution in [3.8, 4) is 12.3 Å². The number of carbonyl (C=O) groups is 1. The monoisotopic (exact) mass is 471 g/mol. The fourth-order valence-corrected chi connectivity index (χ4v) is 3.19. The summed E-state index contributed by atoms with van der Waals surface area (Å²) in [5, 5.41) is 8.87. The van der Waals surface area contributed by atoms with Crippen LogP contribution in [0, 0.1) is 24.0 Å². The molecular formula is C26H35F2N5O. The van der Waals surface area contributed by atoms with E-state index >= 15 is 8.78 Å². The van der Waals surface area contributed by atoms with E-state index in [1.165, 1.54) is 6.07 Å². The summed E-state index contributed by atoms with van der Waals surface area (Å²) in [5.74, 6) is 0.842. The van der Waals surface area contributed by atoms with Crippen molar-refractivity contribution >= 4 is 29.1 Å². The highest BCUT2D eigenvalue weighted by Crippen LogP contribution is 2.33. The first-order chi connectivity index (χ1) is 16.2. The van der Waals surface area contributed by atoms with Crippen LogP contribution in [0.25, 0.3) is 0 Å². The van der Waals surface area contributed by atoms with E-state index in [-0.39, 0.29) is 29.1 Å². The third-order valence-corrected chi connectivity index (χ3v) is 5.17. The van der Waals surface area contributed by atoms with Crippen molar-refractivity contribution < 1.29 is 13.6 Å². The zero-order valence-corrected chi connectivity index (χ0v) is 20.9. The fourth-order valence-electron chi connectivity index (χ4n) is 3.19. The normalized spacial score (nSPS) is 10.8. The largest absolute Gasteiger partial charge is 0.385 e. The minimum atomic E-state index is -0.708. The highest BCUT2D eigenvalue weighted by Gasteiger charge is 2.23. The Morgan fingerprint density at radius 1 is 1.18 bits per heavy atom. The Kier molecular flexibility index (Phi) is 12.3. The van der Waals surface area contributed by atoms with Crippen molar-refractivity contribution in [3.63, 3.8) is 0 Å². The molecule has 0 atom stereocenters. The van der Waals surface area contributed by atoms with Crippen LogP contribution in [0.15, 0.2) is 41.5 Å². The Hall–Kier alpha value is -3.44. The Balaban J connectivity index is 0.00000182. The lowest BCUT2D eigenvalue weighted by Crippen LogP contribution is -2.32. The summed E-state index contributed by atoms with van der Waals surface area (Å²) in [7, 11) is 6.90. The number of terminal acetylenes is 1. The molecule has 0 radical (unpaired) electrons. The number of anilines is 3. The first kappa shape index (κ1) is 28.6. The van der Waals surface area contributed by atoms with Gasteiger partial charge in [-0.3, -0.25) is 5.01 Å². The molecule has 0 amide bonds. The van der Waals surface area contributed by atoms with E-state index < -0.39 is 11.6 Å². The Morgan fingerprint density at radius 2 is 1.79 bits per heavy atom. The molecule has 0 saturated carbocycles. The number of benzene rings is 2. The van der Waals surface area contributed by atoms with Gasteiger partial charge < -0.3 is 19.9 Å². The Bertz CT molecular complexity index is 989. The van der Waals surface area contributed by atoms with Crippen molar-refractivity contribution in [2.24, 2.45) is 5.10 Å². The maximum atomic E-state index is 15.4. The summed E-state index contributed by atoms with van der Waals surface area (Å²) >= 11 is 0. The quantitative estimate of drug-likeness (QED) is 0.227. The number of likely N-dealkylation sites (N-methyl/N-ethyl adjacent to an activating group) is 2. The molecule has 2 aromatic carbocycles. The molecule has 1 N–H and O–H groups in total. The van der Waals surface area contributed by atoms with Gasteiger partial charge in [-0.25, -0.2) is 8.78 Å². The lowest BCUT2D eigenvalue weighted by molar-refractivity contribution is -0.106. The van der Waals surface area contributed by atoms with Gasteiger partial charge in [0.05, 0.1) is 17.1 Å². The van der Waals surface area contributed by atoms with Crippen molar-refractivity contribution in [2.45, 2.75) is 20.3 Å². The summed E-state index contributed by atoms with van der Waals surface area (Å²) in [4.78, 5) is 14.9. The molecule has 0 bridgehead atoms. The molecule has 6 nitrogen and oxygen atoms in total. The molecule has 0 aliphatic carbocycles. The highest BCUT2D eigenvalue weighted by atomic mass is 19.1. The van der Waals surface area contributed by atoms with Gasteiger partial charge in [0, 0.05) is 46.2 Å². The van der Waals surface area contributed by atoms with Crippen LogP contribution in [0.4, 0.5) is 25.8 Å². The first-order valence-corrected chi connectivity index (χ1v) is 11.0. The maximum Gasteiger partial charge on any atom is 0.173 e. The molecule has 0 aliphatic heterocycles. The Labute approximate surface area is 202 Å². The van der Waals surface area contributed by atoms with Gasteiger partial charge in [-0.2, -0.15) is 5.10 Å². The SMILES string of the molecule is C#CC.CCN(C)CCN(C)c1c(F)cc(/C(CC=O)=N/N(C)c2ccccc2)c(NC)c1F. The van der Waals surface area contributed by atoms with E-state index in [2.05, 4.69) is 27.7 Å².